The van der Waals surface area contributed by atoms with Gasteiger partial charge in [0.05, 0.1) is 0 Å². The minimum Gasteiger partial charge on any atom is -0.764 e. The summed E-state index contributed by atoms with van der Waals surface area (Å²) in [6, 6.07) is 23.2. The van der Waals surface area contributed by atoms with Gasteiger partial charge in [0.15, 0.2) is 11.5 Å². The van der Waals surface area contributed by atoms with Crippen molar-refractivity contribution in [2.24, 2.45) is 0 Å². The van der Waals surface area contributed by atoms with E-state index in [2.05, 4.69) is 0 Å². The molecular formula is C20H19NaO7P2. The molecule has 0 aliphatic carbocycles. The molecule has 0 saturated heterocycles. The molecule has 3 aromatic carbocycles. The Morgan fingerprint density at radius 1 is 0.800 bits per heavy atom. The summed E-state index contributed by atoms with van der Waals surface area (Å²) in [6.07, 6.45) is 0. The maximum absolute atomic E-state index is 13.7. The monoisotopic (exact) mass is 456 g/mol. The molecule has 0 fully saturated rings. The van der Waals surface area contributed by atoms with Gasteiger partial charge in [-0.05, 0) is 36.4 Å². The van der Waals surface area contributed by atoms with Gasteiger partial charge in [-0.1, -0.05) is 54.6 Å². The van der Waals surface area contributed by atoms with Crippen molar-refractivity contribution in [2.45, 2.75) is 12.0 Å². The fourth-order valence-electron chi connectivity index (χ4n) is 2.29. The van der Waals surface area contributed by atoms with E-state index in [0.717, 1.165) is 6.92 Å². The van der Waals surface area contributed by atoms with Gasteiger partial charge in [-0.3, -0.25) is 4.57 Å². The smallest absolute Gasteiger partial charge is 0.764 e. The first kappa shape index (κ1) is 24.9. The van der Waals surface area contributed by atoms with E-state index in [1.807, 2.05) is 0 Å². The largest absolute Gasteiger partial charge is 1.00 e. The quantitative estimate of drug-likeness (QED) is 0.390. The maximum atomic E-state index is 13.7. The molecule has 0 aliphatic heterocycles. The minimum atomic E-state index is -5.22. The van der Waals surface area contributed by atoms with Crippen molar-refractivity contribution in [1.82, 2.24) is 0 Å². The van der Waals surface area contributed by atoms with Crippen LogP contribution < -0.4 is 52.9 Å². The van der Waals surface area contributed by atoms with E-state index < -0.39 is 20.6 Å². The molecule has 0 bridgehead atoms. The van der Waals surface area contributed by atoms with Crippen LogP contribution >= 0.6 is 15.5 Å². The second-order valence-electron chi connectivity index (χ2n) is 6.18. The first-order valence-electron chi connectivity index (χ1n) is 8.61. The number of hydrogen-bond donors (Lipinski definition) is 1. The van der Waals surface area contributed by atoms with Crippen LogP contribution in [-0.4, -0.2) is 10.2 Å². The van der Waals surface area contributed by atoms with Crippen LogP contribution in [-0.2, 0) is 4.57 Å². The molecule has 2 unspecified atom stereocenters. The summed E-state index contributed by atoms with van der Waals surface area (Å²) in [6.45, 7) is 0.830. The topological polar surface area (TPSA) is 111 Å². The Labute approximate surface area is 197 Å². The molecule has 2 atom stereocenters. The van der Waals surface area contributed by atoms with E-state index >= 15 is 0 Å². The van der Waals surface area contributed by atoms with E-state index in [-0.39, 0.29) is 46.8 Å². The van der Waals surface area contributed by atoms with Crippen LogP contribution in [0.4, 0.5) is 0 Å². The Kier molecular flexibility index (Phi) is 8.51. The van der Waals surface area contributed by atoms with Crippen molar-refractivity contribution in [3.63, 3.8) is 0 Å². The average molecular weight is 456 g/mol. The standard InChI is InChI=1S/C20H20O7P2.Na/c1-20(21,28(22,23)25-17-11-5-2-6-12-17)29(24,26-18-13-7-3-8-14-18)27-19-15-9-4-10-16-19;/h2-16,21H,1H3,(H,22,23);/q;+1/p-1. The molecule has 1 N–H and O–H groups in total. The van der Waals surface area contributed by atoms with Gasteiger partial charge in [0.2, 0.25) is 0 Å². The zero-order valence-corrected chi connectivity index (χ0v) is 20.2. The van der Waals surface area contributed by atoms with E-state index in [0.29, 0.717) is 0 Å². The molecule has 0 aromatic heterocycles. The molecule has 0 heterocycles. The summed E-state index contributed by atoms with van der Waals surface area (Å²) in [5.74, 6) is 0.0792. The van der Waals surface area contributed by atoms with Crippen molar-refractivity contribution >= 4 is 15.5 Å². The molecule has 3 aromatic rings. The third kappa shape index (κ3) is 5.64. The van der Waals surface area contributed by atoms with Crippen LogP contribution in [0.2, 0.25) is 0 Å². The Bertz CT molecular complexity index is 931. The number of para-hydroxylation sites is 3. The summed E-state index contributed by atoms with van der Waals surface area (Å²) >= 11 is 0. The zero-order chi connectivity index (χ0) is 21.0. The summed E-state index contributed by atoms with van der Waals surface area (Å²) < 4.78 is 28.7. The van der Waals surface area contributed by atoms with Crippen LogP contribution in [0.3, 0.4) is 0 Å². The van der Waals surface area contributed by atoms with Gasteiger partial charge in [-0.2, -0.15) is 0 Å². The molecule has 0 saturated carbocycles. The van der Waals surface area contributed by atoms with Gasteiger partial charge in [-0.25, -0.2) is 0 Å². The van der Waals surface area contributed by atoms with Crippen LogP contribution in [0.5, 0.6) is 17.2 Å². The normalized spacial score (nSPS) is 15.1. The van der Waals surface area contributed by atoms with E-state index in [4.69, 9.17) is 13.6 Å². The van der Waals surface area contributed by atoms with E-state index in [1.54, 1.807) is 54.6 Å². The Balaban J connectivity index is 0.00000320. The van der Waals surface area contributed by atoms with Gasteiger partial charge in [-0.15, -0.1) is 0 Å². The van der Waals surface area contributed by atoms with Gasteiger partial charge in [0.1, 0.15) is 5.75 Å². The molecular weight excluding hydrogens is 437 g/mol. The van der Waals surface area contributed by atoms with Crippen molar-refractivity contribution in [3.8, 4) is 17.2 Å². The summed E-state index contributed by atoms with van der Waals surface area (Å²) in [5.41, 5.74) is 0. The molecule has 152 valence electrons. The third-order valence-electron chi connectivity index (χ3n) is 3.94. The Hall–Kier alpha value is -1.40. The Morgan fingerprint density at radius 3 is 1.50 bits per heavy atom. The summed E-state index contributed by atoms with van der Waals surface area (Å²) in [7, 11) is -9.99. The van der Waals surface area contributed by atoms with Gasteiger partial charge < -0.3 is 28.5 Å². The molecule has 10 heteroatoms. The van der Waals surface area contributed by atoms with Crippen molar-refractivity contribution in [2.75, 3.05) is 0 Å². The van der Waals surface area contributed by atoms with Gasteiger partial charge >= 0.3 is 42.6 Å². The van der Waals surface area contributed by atoms with Crippen molar-refractivity contribution < 1.29 is 62.6 Å². The van der Waals surface area contributed by atoms with E-state index in [1.165, 1.54) is 36.4 Å². The van der Waals surface area contributed by atoms with Crippen LogP contribution in [0, 0.1) is 0 Å². The van der Waals surface area contributed by atoms with Crippen molar-refractivity contribution in [1.29, 1.82) is 0 Å². The first-order chi connectivity index (χ1) is 13.7. The molecule has 0 aliphatic rings. The minimum absolute atomic E-state index is 0. The SMILES string of the molecule is CC(O)(P(=O)([O-])Oc1ccccc1)[P+]([O-])(Oc1ccccc1)Oc1ccccc1.[Na+]. The molecule has 7 nitrogen and oxygen atoms in total. The number of rotatable bonds is 8. The molecule has 0 spiro atoms. The zero-order valence-electron chi connectivity index (χ0n) is 16.5. The fourth-order valence-corrected chi connectivity index (χ4v) is 5.61. The third-order valence-corrected chi connectivity index (χ3v) is 8.84. The van der Waals surface area contributed by atoms with E-state index in [9.17, 15) is 19.5 Å². The predicted octanol–water partition coefficient (Wildman–Crippen LogP) is 0.570. The summed E-state index contributed by atoms with van der Waals surface area (Å²) in [4.78, 5) is 26.5. The van der Waals surface area contributed by atoms with Crippen molar-refractivity contribution in [3.05, 3.63) is 91.0 Å². The van der Waals surface area contributed by atoms with Gasteiger partial charge in [0.25, 0.3) is 7.60 Å². The average Bonchev–Trinajstić information content (AvgIpc) is 2.69. The number of benzene rings is 3. The molecule has 30 heavy (non-hydrogen) atoms. The molecule has 3 rings (SSSR count). The molecule has 0 amide bonds. The predicted molar refractivity (Wildman–Crippen MR) is 106 cm³/mol. The van der Waals surface area contributed by atoms with Crippen LogP contribution in [0.25, 0.3) is 0 Å². The van der Waals surface area contributed by atoms with Crippen LogP contribution in [0.1, 0.15) is 6.92 Å². The molecule has 0 radical (unpaired) electrons. The summed E-state index contributed by atoms with van der Waals surface area (Å²) in [5, 5.41) is 7.93. The van der Waals surface area contributed by atoms with Gasteiger partial charge in [0, 0.05) is 6.92 Å². The number of hydrogen-bond acceptors (Lipinski definition) is 7. The second-order valence-corrected chi connectivity index (χ2v) is 10.8. The maximum Gasteiger partial charge on any atom is 1.00 e. The first-order valence-corrected chi connectivity index (χ1v) is 11.7. The van der Waals surface area contributed by atoms with Crippen LogP contribution in [0.15, 0.2) is 91.0 Å². The fraction of sp³-hybridized carbons (Fsp3) is 0.100. The number of aliphatic hydroxyl groups is 1. The Morgan fingerprint density at radius 2 is 1.13 bits per heavy atom. The second kappa shape index (κ2) is 10.3.